The molecule has 2 heterocycles. The number of hydrogen-bond acceptors (Lipinski definition) is 3. The molecule has 4 heteroatoms. The van der Waals surface area contributed by atoms with E-state index in [1.165, 1.54) is 0 Å². The summed E-state index contributed by atoms with van der Waals surface area (Å²) in [6, 6.07) is 0.0545. The zero-order valence-electron chi connectivity index (χ0n) is 9.58. The summed E-state index contributed by atoms with van der Waals surface area (Å²) in [5, 5.41) is 3.25. The Bertz CT molecular complexity index is 247. The molecule has 1 atom stereocenters. The molecule has 2 aliphatic heterocycles. The lowest BCUT2D eigenvalue weighted by Crippen LogP contribution is -2.54. The molecule has 1 amide bonds. The fourth-order valence-electron chi connectivity index (χ4n) is 2.32. The van der Waals surface area contributed by atoms with Gasteiger partial charge >= 0.3 is 0 Å². The van der Waals surface area contributed by atoms with Gasteiger partial charge in [0.05, 0.1) is 18.2 Å². The fourth-order valence-corrected chi connectivity index (χ4v) is 2.32. The Labute approximate surface area is 91.0 Å². The topological polar surface area (TPSA) is 41.6 Å². The first-order valence-electron chi connectivity index (χ1n) is 5.75. The van der Waals surface area contributed by atoms with Crippen molar-refractivity contribution in [1.29, 1.82) is 0 Å². The molecule has 0 aromatic rings. The lowest BCUT2D eigenvalue weighted by molar-refractivity contribution is -0.147. The third-order valence-electron chi connectivity index (χ3n) is 3.10. The molecule has 1 unspecified atom stereocenters. The first kappa shape index (κ1) is 10.9. The van der Waals surface area contributed by atoms with Gasteiger partial charge in [0.15, 0.2) is 0 Å². The second-order valence-electron chi connectivity index (χ2n) is 5.02. The van der Waals surface area contributed by atoms with Gasteiger partial charge < -0.3 is 15.0 Å². The van der Waals surface area contributed by atoms with Crippen LogP contribution in [0.15, 0.2) is 0 Å². The highest BCUT2D eigenvalue weighted by Gasteiger charge is 2.33. The van der Waals surface area contributed by atoms with Crippen LogP contribution in [-0.4, -0.2) is 48.7 Å². The molecular formula is C11H20N2O2. The highest BCUT2D eigenvalue weighted by Crippen LogP contribution is 2.18. The van der Waals surface area contributed by atoms with Crippen molar-refractivity contribution in [3.05, 3.63) is 0 Å². The Kier molecular flexibility index (Phi) is 2.98. The summed E-state index contributed by atoms with van der Waals surface area (Å²) < 4.78 is 5.59. The smallest absolute Gasteiger partial charge is 0.239 e. The van der Waals surface area contributed by atoms with Crippen molar-refractivity contribution in [1.82, 2.24) is 10.2 Å². The van der Waals surface area contributed by atoms with Gasteiger partial charge in [-0.15, -0.1) is 0 Å². The van der Waals surface area contributed by atoms with Gasteiger partial charge in [0.2, 0.25) is 5.91 Å². The normalized spacial score (nSPS) is 30.5. The quantitative estimate of drug-likeness (QED) is 0.683. The third-order valence-corrected chi connectivity index (χ3v) is 3.10. The minimum atomic E-state index is -0.188. The molecule has 2 saturated heterocycles. The summed E-state index contributed by atoms with van der Waals surface area (Å²) >= 11 is 0. The molecular weight excluding hydrogens is 192 g/mol. The number of ether oxygens (including phenoxy) is 1. The van der Waals surface area contributed by atoms with Gasteiger partial charge in [0, 0.05) is 13.1 Å². The maximum Gasteiger partial charge on any atom is 0.239 e. The molecule has 0 radical (unpaired) electrons. The second kappa shape index (κ2) is 4.10. The predicted molar refractivity (Wildman–Crippen MR) is 57.6 cm³/mol. The van der Waals surface area contributed by atoms with Crippen molar-refractivity contribution in [3.63, 3.8) is 0 Å². The molecule has 2 aliphatic rings. The number of carbonyl (C=O) groups excluding carboxylic acids is 1. The van der Waals surface area contributed by atoms with Crippen molar-refractivity contribution in [2.75, 3.05) is 26.2 Å². The third kappa shape index (κ3) is 2.49. The van der Waals surface area contributed by atoms with Crippen LogP contribution in [0.2, 0.25) is 0 Å². The van der Waals surface area contributed by atoms with Crippen LogP contribution in [-0.2, 0) is 9.53 Å². The zero-order chi connectivity index (χ0) is 10.9. The van der Waals surface area contributed by atoms with Crippen LogP contribution in [0, 0.1) is 0 Å². The van der Waals surface area contributed by atoms with Crippen LogP contribution < -0.4 is 5.32 Å². The Hall–Kier alpha value is -0.610. The molecule has 0 aromatic heterocycles. The number of hydrogen-bond donors (Lipinski definition) is 1. The zero-order valence-corrected chi connectivity index (χ0v) is 9.58. The van der Waals surface area contributed by atoms with Gasteiger partial charge in [0.25, 0.3) is 0 Å². The van der Waals surface area contributed by atoms with Gasteiger partial charge in [-0.05, 0) is 33.2 Å². The lowest BCUT2D eigenvalue weighted by atomic mass is 10.1. The van der Waals surface area contributed by atoms with E-state index in [0.717, 1.165) is 25.9 Å². The molecule has 0 aliphatic carbocycles. The van der Waals surface area contributed by atoms with Gasteiger partial charge in [-0.25, -0.2) is 0 Å². The molecule has 2 rings (SSSR count). The van der Waals surface area contributed by atoms with Crippen molar-refractivity contribution >= 4 is 5.91 Å². The molecule has 2 fully saturated rings. The molecule has 0 bridgehead atoms. The average molecular weight is 212 g/mol. The number of morpholine rings is 1. The van der Waals surface area contributed by atoms with E-state index in [4.69, 9.17) is 4.74 Å². The number of nitrogens with one attached hydrogen (secondary N) is 1. The van der Waals surface area contributed by atoms with Crippen molar-refractivity contribution in [2.24, 2.45) is 0 Å². The van der Waals surface area contributed by atoms with Crippen molar-refractivity contribution < 1.29 is 9.53 Å². The number of amides is 1. The Morgan fingerprint density at radius 3 is 2.93 bits per heavy atom. The van der Waals surface area contributed by atoms with Crippen LogP contribution in [0.4, 0.5) is 0 Å². The minimum Gasteiger partial charge on any atom is -0.372 e. The van der Waals surface area contributed by atoms with Gasteiger partial charge in [0.1, 0.15) is 0 Å². The number of nitrogens with zero attached hydrogens (tertiary/aromatic N) is 1. The van der Waals surface area contributed by atoms with E-state index >= 15 is 0 Å². The van der Waals surface area contributed by atoms with Crippen LogP contribution in [0.5, 0.6) is 0 Å². The summed E-state index contributed by atoms with van der Waals surface area (Å²) in [6.45, 7) is 7.16. The van der Waals surface area contributed by atoms with Gasteiger partial charge in [-0.2, -0.15) is 0 Å². The lowest BCUT2D eigenvalue weighted by Gasteiger charge is -2.39. The van der Waals surface area contributed by atoms with Gasteiger partial charge in [-0.3, -0.25) is 4.79 Å². The predicted octanol–water partition coefficient (Wildman–Crippen LogP) is 0.376. The van der Waals surface area contributed by atoms with E-state index < -0.39 is 0 Å². The van der Waals surface area contributed by atoms with E-state index in [-0.39, 0.29) is 17.6 Å². The van der Waals surface area contributed by atoms with E-state index in [1.54, 1.807) is 0 Å². The minimum absolute atomic E-state index is 0.0545. The van der Waals surface area contributed by atoms with E-state index in [0.29, 0.717) is 13.2 Å². The summed E-state index contributed by atoms with van der Waals surface area (Å²) in [5.41, 5.74) is -0.188. The molecule has 0 saturated carbocycles. The molecule has 0 aromatic carbocycles. The maximum atomic E-state index is 12.1. The largest absolute Gasteiger partial charge is 0.372 e. The van der Waals surface area contributed by atoms with E-state index in [9.17, 15) is 4.79 Å². The number of carbonyl (C=O) groups is 1. The highest BCUT2D eigenvalue weighted by atomic mass is 16.5. The summed E-state index contributed by atoms with van der Waals surface area (Å²) in [6.07, 6.45) is 2.10. The van der Waals surface area contributed by atoms with Crippen LogP contribution in [0.25, 0.3) is 0 Å². The molecule has 15 heavy (non-hydrogen) atoms. The van der Waals surface area contributed by atoms with Crippen LogP contribution in [0.1, 0.15) is 26.7 Å². The maximum absolute atomic E-state index is 12.1. The first-order chi connectivity index (χ1) is 7.08. The fraction of sp³-hybridized carbons (Fsp3) is 0.909. The van der Waals surface area contributed by atoms with Crippen LogP contribution in [0.3, 0.4) is 0 Å². The van der Waals surface area contributed by atoms with E-state index in [2.05, 4.69) is 5.32 Å². The number of rotatable bonds is 1. The Balaban J connectivity index is 1.94. The van der Waals surface area contributed by atoms with Crippen LogP contribution >= 0.6 is 0 Å². The molecule has 4 nitrogen and oxygen atoms in total. The highest BCUT2D eigenvalue weighted by molar-refractivity contribution is 5.82. The Morgan fingerprint density at radius 1 is 1.53 bits per heavy atom. The summed E-state index contributed by atoms with van der Waals surface area (Å²) in [4.78, 5) is 14.0. The van der Waals surface area contributed by atoms with Gasteiger partial charge in [-0.1, -0.05) is 0 Å². The van der Waals surface area contributed by atoms with Crippen molar-refractivity contribution in [3.8, 4) is 0 Å². The standard InChI is InChI=1S/C11H20N2O2/c1-11(2)8-13(6-7-15-11)10(14)9-4-3-5-12-9/h9,12H,3-8H2,1-2H3. The van der Waals surface area contributed by atoms with Crippen molar-refractivity contribution in [2.45, 2.75) is 38.3 Å². The second-order valence-corrected chi connectivity index (χ2v) is 5.02. The van der Waals surface area contributed by atoms with E-state index in [1.807, 2.05) is 18.7 Å². The Morgan fingerprint density at radius 2 is 2.33 bits per heavy atom. The molecule has 1 N–H and O–H groups in total. The average Bonchev–Trinajstić information content (AvgIpc) is 2.67. The monoisotopic (exact) mass is 212 g/mol. The SMILES string of the molecule is CC1(C)CN(C(=O)C2CCCN2)CCO1. The summed E-state index contributed by atoms with van der Waals surface area (Å²) in [7, 11) is 0. The first-order valence-corrected chi connectivity index (χ1v) is 5.75. The summed E-state index contributed by atoms with van der Waals surface area (Å²) in [5.74, 6) is 0.254. The molecule has 0 spiro atoms. The molecule has 86 valence electrons.